The van der Waals surface area contributed by atoms with Crippen LogP contribution in [0.4, 0.5) is 26.3 Å². The lowest BCUT2D eigenvalue weighted by Gasteiger charge is -2.29. The van der Waals surface area contributed by atoms with Crippen molar-refractivity contribution in [3.05, 3.63) is 77.1 Å². The summed E-state index contributed by atoms with van der Waals surface area (Å²) in [6, 6.07) is 10.6. The number of rotatable bonds is 6. The number of hydrogen-bond acceptors (Lipinski definition) is 2. The second-order valence-electron chi connectivity index (χ2n) is 9.15. The summed E-state index contributed by atoms with van der Waals surface area (Å²) in [6.07, 6.45) is -0.789. The lowest BCUT2D eigenvalue weighted by Crippen LogP contribution is -2.17. The molecule has 8 heteroatoms. The van der Waals surface area contributed by atoms with Crippen molar-refractivity contribution in [1.29, 1.82) is 0 Å². The Morgan fingerprint density at radius 3 is 2.19 bits per heavy atom. The van der Waals surface area contributed by atoms with Gasteiger partial charge < -0.3 is 9.47 Å². The van der Waals surface area contributed by atoms with E-state index in [0.29, 0.717) is 24.3 Å². The lowest BCUT2D eigenvalue weighted by atomic mass is 9.77. The quantitative estimate of drug-likeness (QED) is 0.309. The molecule has 192 valence electrons. The Kier molecular flexibility index (Phi) is 7.52. The van der Waals surface area contributed by atoms with Gasteiger partial charge in [-0.15, -0.1) is 13.2 Å². The minimum atomic E-state index is -5.03. The standard InChI is InChI=1S/C28H26F6O2/c1-3-17-8-10-18(11-9-17)25-22(30)14-16(2)27(26(25)31)35-23-7-5-4-6-20(23)19-12-13-24(21(29)15-19)36-28(32,33)34/h4-7,12-15,17-18H,3,8-11H2,1-2H3. The summed E-state index contributed by atoms with van der Waals surface area (Å²) < 4.78 is 92.0. The molecule has 0 aromatic heterocycles. The highest BCUT2D eigenvalue weighted by Gasteiger charge is 2.33. The highest BCUT2D eigenvalue weighted by Crippen LogP contribution is 2.44. The normalized spacial score (nSPS) is 18.2. The second kappa shape index (κ2) is 10.4. The van der Waals surface area contributed by atoms with Crippen LogP contribution in [0.3, 0.4) is 0 Å². The van der Waals surface area contributed by atoms with Crippen molar-refractivity contribution in [2.45, 2.75) is 58.2 Å². The van der Waals surface area contributed by atoms with Crippen LogP contribution in [0.25, 0.3) is 11.1 Å². The molecular formula is C28H26F6O2. The summed E-state index contributed by atoms with van der Waals surface area (Å²) >= 11 is 0. The van der Waals surface area contributed by atoms with Crippen LogP contribution in [0.5, 0.6) is 17.2 Å². The van der Waals surface area contributed by atoms with Gasteiger partial charge in [-0.1, -0.05) is 37.6 Å². The van der Waals surface area contributed by atoms with Crippen LogP contribution in [0.2, 0.25) is 0 Å². The molecule has 1 saturated carbocycles. The fraction of sp³-hybridized carbons (Fsp3) is 0.357. The highest BCUT2D eigenvalue weighted by atomic mass is 19.4. The highest BCUT2D eigenvalue weighted by molar-refractivity contribution is 5.71. The molecule has 0 atom stereocenters. The smallest absolute Gasteiger partial charge is 0.453 e. The minimum absolute atomic E-state index is 0.0160. The Morgan fingerprint density at radius 1 is 0.861 bits per heavy atom. The van der Waals surface area contributed by atoms with Gasteiger partial charge in [0.25, 0.3) is 0 Å². The Balaban J connectivity index is 1.67. The summed E-state index contributed by atoms with van der Waals surface area (Å²) in [7, 11) is 0. The van der Waals surface area contributed by atoms with Crippen LogP contribution in [0.15, 0.2) is 48.5 Å². The van der Waals surface area contributed by atoms with Gasteiger partial charge >= 0.3 is 6.36 Å². The van der Waals surface area contributed by atoms with E-state index >= 15 is 4.39 Å². The summed E-state index contributed by atoms with van der Waals surface area (Å²) in [5.41, 5.74) is 0.798. The topological polar surface area (TPSA) is 18.5 Å². The van der Waals surface area contributed by atoms with E-state index in [9.17, 15) is 22.0 Å². The van der Waals surface area contributed by atoms with Gasteiger partial charge in [0.15, 0.2) is 23.1 Å². The van der Waals surface area contributed by atoms with Gasteiger partial charge in [-0.05, 0) is 79.8 Å². The summed E-state index contributed by atoms with van der Waals surface area (Å²) in [5.74, 6) is -3.21. The van der Waals surface area contributed by atoms with E-state index in [1.807, 2.05) is 0 Å². The first kappa shape index (κ1) is 25.9. The van der Waals surface area contributed by atoms with Crippen LogP contribution in [-0.2, 0) is 0 Å². The van der Waals surface area contributed by atoms with Crippen molar-refractivity contribution in [3.63, 3.8) is 0 Å². The molecule has 1 fully saturated rings. The zero-order valence-corrected chi connectivity index (χ0v) is 19.9. The van der Waals surface area contributed by atoms with Gasteiger partial charge in [0, 0.05) is 11.1 Å². The molecule has 0 heterocycles. The van der Waals surface area contributed by atoms with Crippen LogP contribution in [0.1, 0.15) is 56.1 Å². The molecule has 0 N–H and O–H groups in total. The SMILES string of the molecule is CCC1CCC(c2c(F)cc(C)c(Oc3ccccc3-c3ccc(OC(F)(F)F)c(F)c3)c2F)CC1. The number of halogens is 6. The summed E-state index contributed by atoms with van der Waals surface area (Å²) in [4.78, 5) is 0. The molecule has 3 aromatic carbocycles. The van der Waals surface area contributed by atoms with E-state index in [-0.39, 0.29) is 34.1 Å². The number of alkyl halides is 3. The third-order valence-electron chi connectivity index (χ3n) is 6.79. The molecule has 2 nitrogen and oxygen atoms in total. The van der Waals surface area contributed by atoms with E-state index in [4.69, 9.17) is 4.74 Å². The summed E-state index contributed by atoms with van der Waals surface area (Å²) in [5, 5.41) is 0. The number of aryl methyl sites for hydroxylation is 1. The number of para-hydroxylation sites is 1. The molecule has 0 radical (unpaired) electrons. The van der Waals surface area contributed by atoms with Crippen molar-refractivity contribution in [1.82, 2.24) is 0 Å². The Labute approximate surface area is 205 Å². The van der Waals surface area contributed by atoms with Crippen LogP contribution < -0.4 is 9.47 Å². The Hall–Kier alpha value is -3.16. The molecule has 0 saturated heterocycles. The fourth-order valence-corrected chi connectivity index (χ4v) is 4.87. The van der Waals surface area contributed by atoms with Crippen molar-refractivity contribution in [2.75, 3.05) is 0 Å². The van der Waals surface area contributed by atoms with Crippen molar-refractivity contribution < 1.29 is 35.8 Å². The fourth-order valence-electron chi connectivity index (χ4n) is 4.87. The van der Waals surface area contributed by atoms with Gasteiger partial charge in [-0.3, -0.25) is 0 Å². The molecule has 0 bridgehead atoms. The number of ether oxygens (including phenoxy) is 2. The van der Waals surface area contributed by atoms with E-state index in [0.717, 1.165) is 31.4 Å². The number of benzene rings is 3. The van der Waals surface area contributed by atoms with Crippen molar-refractivity contribution in [3.8, 4) is 28.4 Å². The van der Waals surface area contributed by atoms with E-state index in [1.54, 1.807) is 18.2 Å². The predicted octanol–water partition coefficient (Wildman–Crippen LogP) is 9.45. The van der Waals surface area contributed by atoms with E-state index in [1.165, 1.54) is 25.1 Å². The molecule has 3 aromatic rings. The largest absolute Gasteiger partial charge is 0.573 e. The maximum Gasteiger partial charge on any atom is 0.573 e. The van der Waals surface area contributed by atoms with Gasteiger partial charge in [0.1, 0.15) is 11.6 Å². The van der Waals surface area contributed by atoms with E-state index < -0.39 is 29.6 Å². The molecule has 0 amide bonds. The molecule has 0 aliphatic heterocycles. The summed E-state index contributed by atoms with van der Waals surface area (Å²) in [6.45, 7) is 3.65. The molecule has 0 unspecified atom stereocenters. The average molecular weight is 509 g/mol. The van der Waals surface area contributed by atoms with Gasteiger partial charge in [-0.25, -0.2) is 13.2 Å². The Morgan fingerprint density at radius 2 is 1.56 bits per heavy atom. The molecule has 36 heavy (non-hydrogen) atoms. The Bertz CT molecular complexity index is 1230. The van der Waals surface area contributed by atoms with Gasteiger partial charge in [-0.2, -0.15) is 0 Å². The molecule has 4 rings (SSSR count). The second-order valence-corrected chi connectivity index (χ2v) is 9.15. The molecular weight excluding hydrogens is 482 g/mol. The third kappa shape index (κ3) is 5.63. The zero-order valence-electron chi connectivity index (χ0n) is 19.9. The average Bonchev–Trinajstić information content (AvgIpc) is 2.83. The van der Waals surface area contributed by atoms with Gasteiger partial charge in [0.05, 0.1) is 0 Å². The van der Waals surface area contributed by atoms with Crippen molar-refractivity contribution in [2.24, 2.45) is 5.92 Å². The molecule has 1 aliphatic rings. The lowest BCUT2D eigenvalue weighted by molar-refractivity contribution is -0.275. The predicted molar refractivity (Wildman–Crippen MR) is 125 cm³/mol. The van der Waals surface area contributed by atoms with Crippen molar-refractivity contribution >= 4 is 0 Å². The van der Waals surface area contributed by atoms with E-state index in [2.05, 4.69) is 11.7 Å². The van der Waals surface area contributed by atoms with Crippen LogP contribution >= 0.6 is 0 Å². The zero-order chi connectivity index (χ0) is 26.0. The molecule has 1 aliphatic carbocycles. The van der Waals surface area contributed by atoms with Crippen LogP contribution in [-0.4, -0.2) is 6.36 Å². The van der Waals surface area contributed by atoms with Gasteiger partial charge in [0.2, 0.25) is 0 Å². The maximum atomic E-state index is 15.7. The number of hydrogen-bond donors (Lipinski definition) is 0. The molecule has 0 spiro atoms. The van der Waals surface area contributed by atoms with Crippen LogP contribution in [0, 0.1) is 30.3 Å². The third-order valence-corrected chi connectivity index (χ3v) is 6.79. The monoisotopic (exact) mass is 508 g/mol. The first-order chi connectivity index (χ1) is 17.1. The first-order valence-electron chi connectivity index (χ1n) is 11.9. The minimum Gasteiger partial charge on any atom is -0.453 e. The maximum absolute atomic E-state index is 15.7. The first-order valence-corrected chi connectivity index (χ1v) is 11.9.